The molecule has 0 bridgehead atoms. The summed E-state index contributed by atoms with van der Waals surface area (Å²) in [5.74, 6) is -0.0310. The fraction of sp³-hybridized carbons (Fsp3) is 0. The molecule has 0 fully saturated rings. The van der Waals surface area contributed by atoms with Gasteiger partial charge >= 0.3 is 0 Å². The summed E-state index contributed by atoms with van der Waals surface area (Å²) in [7, 11) is 0. The molecule has 0 saturated carbocycles. The summed E-state index contributed by atoms with van der Waals surface area (Å²) in [6.07, 6.45) is 6.61. The fourth-order valence-electron chi connectivity index (χ4n) is 2.19. The van der Waals surface area contributed by atoms with Crippen LogP contribution in [0, 0.1) is 0 Å². The van der Waals surface area contributed by atoms with Crippen LogP contribution in [0.1, 0.15) is 21.5 Å². The van der Waals surface area contributed by atoms with E-state index in [9.17, 15) is 4.79 Å². The third kappa shape index (κ3) is 2.07. The van der Waals surface area contributed by atoms with E-state index in [4.69, 9.17) is 5.73 Å². The van der Waals surface area contributed by atoms with Gasteiger partial charge in [0.1, 0.15) is 5.65 Å². The van der Waals surface area contributed by atoms with Crippen LogP contribution in [0.25, 0.3) is 17.1 Å². The molecule has 0 unspecified atom stereocenters. The number of fused-ring (bicyclic) bond motifs is 1. The summed E-state index contributed by atoms with van der Waals surface area (Å²) in [5.41, 5.74) is 8.25. The van der Waals surface area contributed by atoms with Crippen molar-refractivity contribution in [2.45, 2.75) is 0 Å². The van der Waals surface area contributed by atoms with E-state index in [0.29, 0.717) is 16.8 Å². The predicted octanol–water partition coefficient (Wildman–Crippen LogP) is 2.72. The van der Waals surface area contributed by atoms with Crippen LogP contribution in [0.2, 0.25) is 0 Å². The Labute approximate surface area is 116 Å². The Morgan fingerprint density at radius 2 is 2.15 bits per heavy atom. The van der Waals surface area contributed by atoms with Crippen molar-refractivity contribution in [1.29, 1.82) is 0 Å². The molecule has 0 aliphatic heterocycles. The van der Waals surface area contributed by atoms with E-state index in [0.717, 1.165) is 10.9 Å². The monoisotopic (exact) mass is 263 g/mol. The summed E-state index contributed by atoms with van der Waals surface area (Å²) < 4.78 is 0. The lowest BCUT2D eigenvalue weighted by Gasteiger charge is -2.01. The Hall–Kier alpha value is -2.88. The van der Waals surface area contributed by atoms with Crippen LogP contribution in [0.4, 0.5) is 0 Å². The molecular formula is C16H13N3O. The Morgan fingerprint density at radius 1 is 1.25 bits per heavy atom. The smallest absolute Gasteiger partial charge is 0.195 e. The van der Waals surface area contributed by atoms with Crippen LogP contribution < -0.4 is 5.73 Å². The second kappa shape index (κ2) is 5.01. The molecule has 3 rings (SSSR count). The van der Waals surface area contributed by atoms with E-state index in [2.05, 4.69) is 9.97 Å². The number of H-pyrrole nitrogens is 1. The van der Waals surface area contributed by atoms with Crippen LogP contribution in [0.3, 0.4) is 0 Å². The molecule has 20 heavy (non-hydrogen) atoms. The van der Waals surface area contributed by atoms with Gasteiger partial charge in [-0.3, -0.25) is 4.79 Å². The number of pyridine rings is 1. The third-order valence-electron chi connectivity index (χ3n) is 3.13. The Bertz CT molecular complexity index is 802. The van der Waals surface area contributed by atoms with Crippen molar-refractivity contribution in [2.24, 2.45) is 5.73 Å². The highest BCUT2D eigenvalue weighted by Gasteiger charge is 2.14. The van der Waals surface area contributed by atoms with Crippen molar-refractivity contribution in [1.82, 2.24) is 9.97 Å². The average Bonchev–Trinajstić information content (AvgIpc) is 2.91. The first-order valence-corrected chi connectivity index (χ1v) is 6.25. The molecule has 2 heterocycles. The number of hydrogen-bond acceptors (Lipinski definition) is 3. The highest BCUT2D eigenvalue weighted by atomic mass is 16.1. The lowest BCUT2D eigenvalue weighted by atomic mass is 10.0. The molecule has 3 aromatic rings. The summed E-state index contributed by atoms with van der Waals surface area (Å²) in [6, 6.07) is 11.1. The highest BCUT2D eigenvalue weighted by Crippen LogP contribution is 2.20. The number of carbonyl (C=O) groups excluding carboxylic acids is 1. The Morgan fingerprint density at radius 3 is 3.00 bits per heavy atom. The van der Waals surface area contributed by atoms with Crippen LogP contribution in [-0.4, -0.2) is 15.8 Å². The van der Waals surface area contributed by atoms with Gasteiger partial charge in [0.15, 0.2) is 5.78 Å². The van der Waals surface area contributed by atoms with Gasteiger partial charge in [-0.25, -0.2) is 4.98 Å². The van der Waals surface area contributed by atoms with Gasteiger partial charge in [-0.2, -0.15) is 0 Å². The van der Waals surface area contributed by atoms with E-state index < -0.39 is 0 Å². The number of nitrogens with one attached hydrogen (secondary N) is 1. The van der Waals surface area contributed by atoms with Gasteiger partial charge < -0.3 is 10.7 Å². The molecule has 0 atom stereocenters. The predicted molar refractivity (Wildman–Crippen MR) is 79.2 cm³/mol. The molecule has 0 amide bonds. The fourth-order valence-corrected chi connectivity index (χ4v) is 2.19. The molecular weight excluding hydrogens is 250 g/mol. The highest BCUT2D eigenvalue weighted by molar-refractivity contribution is 6.16. The van der Waals surface area contributed by atoms with Gasteiger partial charge in [0, 0.05) is 28.9 Å². The minimum Gasteiger partial charge on any atom is -0.405 e. The lowest BCUT2D eigenvalue weighted by Crippen LogP contribution is -2.00. The average molecular weight is 263 g/mol. The summed E-state index contributed by atoms with van der Waals surface area (Å²) in [5, 5.41) is 0.831. The van der Waals surface area contributed by atoms with E-state index in [-0.39, 0.29) is 5.78 Å². The molecule has 2 aromatic heterocycles. The van der Waals surface area contributed by atoms with Gasteiger partial charge in [-0.05, 0) is 36.0 Å². The van der Waals surface area contributed by atoms with Crippen molar-refractivity contribution >= 4 is 22.9 Å². The number of carbonyl (C=O) groups is 1. The second-order valence-corrected chi connectivity index (χ2v) is 4.42. The van der Waals surface area contributed by atoms with E-state index >= 15 is 0 Å². The maximum atomic E-state index is 12.6. The topological polar surface area (TPSA) is 71.8 Å². The second-order valence-electron chi connectivity index (χ2n) is 4.42. The molecule has 0 spiro atoms. The van der Waals surface area contributed by atoms with Gasteiger partial charge in [0.25, 0.3) is 0 Å². The first-order valence-electron chi connectivity index (χ1n) is 6.25. The number of benzene rings is 1. The molecule has 0 radical (unpaired) electrons. The number of hydrogen-bond donors (Lipinski definition) is 2. The molecule has 0 aliphatic rings. The van der Waals surface area contributed by atoms with Gasteiger partial charge in [0.2, 0.25) is 0 Å². The SMILES string of the molecule is N/C=C/c1cccc(C(=O)c2c[nH]c3ncccc23)c1. The number of nitrogens with zero attached hydrogens (tertiary/aromatic N) is 1. The quantitative estimate of drug-likeness (QED) is 0.714. The molecule has 0 aliphatic carbocycles. The summed E-state index contributed by atoms with van der Waals surface area (Å²) >= 11 is 0. The Balaban J connectivity index is 2.06. The van der Waals surface area contributed by atoms with E-state index in [1.165, 1.54) is 6.20 Å². The van der Waals surface area contributed by atoms with E-state index in [1.807, 2.05) is 30.3 Å². The minimum atomic E-state index is -0.0310. The molecule has 98 valence electrons. The Kier molecular flexibility index (Phi) is 3.05. The van der Waals surface area contributed by atoms with Crippen LogP contribution in [0.15, 0.2) is 55.0 Å². The lowest BCUT2D eigenvalue weighted by molar-refractivity contribution is 0.104. The first kappa shape index (κ1) is 12.2. The molecule has 1 aromatic carbocycles. The van der Waals surface area contributed by atoms with Crippen molar-refractivity contribution < 1.29 is 4.79 Å². The van der Waals surface area contributed by atoms with Crippen LogP contribution in [-0.2, 0) is 0 Å². The molecule has 4 nitrogen and oxygen atoms in total. The zero-order valence-corrected chi connectivity index (χ0v) is 10.7. The van der Waals surface area contributed by atoms with Crippen molar-refractivity contribution in [3.05, 3.63) is 71.7 Å². The normalized spacial score (nSPS) is 11.2. The minimum absolute atomic E-state index is 0.0310. The number of aromatic nitrogens is 2. The molecule has 4 heteroatoms. The van der Waals surface area contributed by atoms with Crippen molar-refractivity contribution in [3.63, 3.8) is 0 Å². The maximum Gasteiger partial charge on any atom is 0.195 e. The van der Waals surface area contributed by atoms with Crippen LogP contribution >= 0.6 is 0 Å². The molecule has 0 saturated heterocycles. The maximum absolute atomic E-state index is 12.6. The zero-order valence-electron chi connectivity index (χ0n) is 10.7. The number of nitrogens with two attached hydrogens (primary N) is 1. The summed E-state index contributed by atoms with van der Waals surface area (Å²) in [4.78, 5) is 19.8. The van der Waals surface area contributed by atoms with Crippen molar-refractivity contribution in [3.8, 4) is 0 Å². The number of aromatic amines is 1. The summed E-state index contributed by atoms with van der Waals surface area (Å²) in [6.45, 7) is 0. The first-order chi connectivity index (χ1) is 9.79. The molecule has 3 N–H and O–H groups in total. The standard InChI is InChI=1S/C16H13N3O/c17-7-6-11-3-1-4-12(9-11)15(20)14-10-19-16-13(14)5-2-8-18-16/h1-10H,17H2,(H,18,19)/b7-6+. The number of rotatable bonds is 3. The van der Waals surface area contributed by atoms with Gasteiger partial charge in [-0.1, -0.05) is 18.2 Å². The van der Waals surface area contributed by atoms with Crippen molar-refractivity contribution in [2.75, 3.05) is 0 Å². The van der Waals surface area contributed by atoms with Gasteiger partial charge in [-0.15, -0.1) is 0 Å². The number of ketones is 1. The van der Waals surface area contributed by atoms with Gasteiger partial charge in [0.05, 0.1) is 0 Å². The van der Waals surface area contributed by atoms with E-state index in [1.54, 1.807) is 24.5 Å². The van der Waals surface area contributed by atoms with Crippen LogP contribution in [0.5, 0.6) is 0 Å². The largest absolute Gasteiger partial charge is 0.405 e. The third-order valence-corrected chi connectivity index (χ3v) is 3.13. The zero-order chi connectivity index (χ0) is 13.9.